The van der Waals surface area contributed by atoms with Gasteiger partial charge in [0.15, 0.2) is 0 Å². The predicted octanol–water partition coefficient (Wildman–Crippen LogP) is 3.01. The zero-order valence-corrected chi connectivity index (χ0v) is 16.9. The molecular formula is C23H26N4O2. The van der Waals surface area contributed by atoms with Gasteiger partial charge < -0.3 is 14.4 Å². The highest BCUT2D eigenvalue weighted by molar-refractivity contribution is 6.06. The molecule has 1 aromatic carbocycles. The van der Waals surface area contributed by atoms with Crippen molar-refractivity contribution in [3.05, 3.63) is 70.8 Å². The van der Waals surface area contributed by atoms with Crippen LogP contribution in [0.15, 0.2) is 59.7 Å². The zero-order valence-electron chi connectivity index (χ0n) is 16.9. The molecule has 1 aliphatic rings. The lowest BCUT2D eigenvalue weighted by atomic mass is 10.1. The van der Waals surface area contributed by atoms with Gasteiger partial charge in [-0.15, -0.1) is 0 Å². The van der Waals surface area contributed by atoms with E-state index < -0.39 is 0 Å². The molecule has 1 saturated heterocycles. The van der Waals surface area contributed by atoms with Gasteiger partial charge in [-0.25, -0.2) is 4.98 Å². The molecule has 0 unspecified atom stereocenters. The van der Waals surface area contributed by atoms with Gasteiger partial charge in [-0.3, -0.25) is 9.59 Å². The number of fused-ring (bicyclic) bond motifs is 1. The summed E-state index contributed by atoms with van der Waals surface area (Å²) in [5.41, 5.74) is 0.568. The Bertz CT molecular complexity index is 1070. The van der Waals surface area contributed by atoms with Gasteiger partial charge >= 0.3 is 0 Å². The van der Waals surface area contributed by atoms with Crippen LogP contribution in [-0.2, 0) is 6.54 Å². The smallest absolute Gasteiger partial charge is 0.258 e. The van der Waals surface area contributed by atoms with Gasteiger partial charge in [0.1, 0.15) is 5.82 Å². The van der Waals surface area contributed by atoms with Gasteiger partial charge in [0, 0.05) is 55.9 Å². The number of hydrogen-bond donors (Lipinski definition) is 0. The Hall–Kier alpha value is -3.15. The van der Waals surface area contributed by atoms with Crippen molar-refractivity contribution in [1.29, 1.82) is 0 Å². The minimum Gasteiger partial charge on any atom is -0.353 e. The third-order valence-electron chi connectivity index (χ3n) is 5.33. The summed E-state index contributed by atoms with van der Waals surface area (Å²) in [5, 5.41) is 1.33. The molecule has 0 saturated carbocycles. The zero-order chi connectivity index (χ0) is 20.4. The van der Waals surface area contributed by atoms with Crippen molar-refractivity contribution < 1.29 is 4.79 Å². The number of nitrogens with zero attached hydrogens (tertiary/aromatic N) is 4. The fourth-order valence-corrected chi connectivity index (χ4v) is 3.89. The van der Waals surface area contributed by atoms with E-state index in [1.807, 2.05) is 47.4 Å². The number of rotatable bonds is 4. The standard InChI is InChI=1S/C23H26N4O2/c1-17(2)15-27-16-20(18-7-3-4-8-19(18)22(27)28)23(29)26-13-11-25(12-14-26)21-9-5-6-10-24-21/h3-10,16-17H,11-15H2,1-2H3. The van der Waals surface area contributed by atoms with E-state index in [0.717, 1.165) is 24.3 Å². The normalized spacial score (nSPS) is 14.6. The number of amides is 1. The third kappa shape index (κ3) is 3.88. The van der Waals surface area contributed by atoms with E-state index in [-0.39, 0.29) is 11.5 Å². The lowest BCUT2D eigenvalue weighted by Crippen LogP contribution is -2.49. The number of anilines is 1. The molecule has 6 heteroatoms. The third-order valence-corrected chi connectivity index (χ3v) is 5.33. The first-order valence-corrected chi connectivity index (χ1v) is 10.1. The molecule has 0 spiro atoms. The molecule has 0 aliphatic carbocycles. The first-order valence-electron chi connectivity index (χ1n) is 10.1. The van der Waals surface area contributed by atoms with Crippen LogP contribution in [0.4, 0.5) is 5.82 Å². The molecular weight excluding hydrogens is 364 g/mol. The maximum atomic E-state index is 13.4. The van der Waals surface area contributed by atoms with Crippen molar-refractivity contribution >= 4 is 22.5 Å². The molecule has 0 N–H and O–H groups in total. The second kappa shape index (κ2) is 8.07. The van der Waals surface area contributed by atoms with Crippen molar-refractivity contribution in [3.8, 4) is 0 Å². The number of hydrogen-bond acceptors (Lipinski definition) is 4. The molecule has 2 aromatic heterocycles. The van der Waals surface area contributed by atoms with E-state index in [1.54, 1.807) is 17.0 Å². The van der Waals surface area contributed by atoms with Crippen molar-refractivity contribution in [2.75, 3.05) is 31.1 Å². The summed E-state index contributed by atoms with van der Waals surface area (Å²) in [4.78, 5) is 34.7. The Balaban J connectivity index is 1.62. The molecule has 0 radical (unpaired) electrons. The van der Waals surface area contributed by atoms with Crippen LogP contribution in [0.5, 0.6) is 0 Å². The van der Waals surface area contributed by atoms with E-state index in [1.165, 1.54) is 0 Å². The van der Waals surface area contributed by atoms with Crippen LogP contribution in [0.3, 0.4) is 0 Å². The van der Waals surface area contributed by atoms with E-state index >= 15 is 0 Å². The molecule has 1 aliphatic heterocycles. The first kappa shape index (κ1) is 19.2. The lowest BCUT2D eigenvalue weighted by Gasteiger charge is -2.35. The SMILES string of the molecule is CC(C)Cn1cc(C(=O)N2CCN(c3ccccn3)CC2)c2ccccc2c1=O. The van der Waals surface area contributed by atoms with Gasteiger partial charge in [0.05, 0.1) is 5.56 Å². The van der Waals surface area contributed by atoms with Crippen molar-refractivity contribution in [2.24, 2.45) is 5.92 Å². The lowest BCUT2D eigenvalue weighted by molar-refractivity contribution is 0.0747. The van der Waals surface area contributed by atoms with Gasteiger partial charge in [0.25, 0.3) is 11.5 Å². The number of carbonyl (C=O) groups is 1. The van der Waals surface area contributed by atoms with Crippen LogP contribution in [0, 0.1) is 5.92 Å². The Kier molecular flexibility index (Phi) is 5.34. The molecule has 0 atom stereocenters. The molecule has 3 heterocycles. The molecule has 150 valence electrons. The van der Waals surface area contributed by atoms with Gasteiger partial charge in [-0.1, -0.05) is 38.1 Å². The summed E-state index contributed by atoms with van der Waals surface area (Å²) in [5.74, 6) is 1.24. The Morgan fingerprint density at radius 2 is 1.69 bits per heavy atom. The Labute approximate surface area is 170 Å². The average molecular weight is 390 g/mol. The molecule has 0 bridgehead atoms. The monoisotopic (exact) mass is 390 g/mol. The maximum Gasteiger partial charge on any atom is 0.258 e. The summed E-state index contributed by atoms with van der Waals surface area (Å²) < 4.78 is 1.68. The van der Waals surface area contributed by atoms with Crippen molar-refractivity contribution in [3.63, 3.8) is 0 Å². The van der Waals surface area contributed by atoms with Gasteiger partial charge in [-0.05, 0) is 24.1 Å². The minimum absolute atomic E-state index is 0.0145. The number of benzene rings is 1. The van der Waals surface area contributed by atoms with Crippen molar-refractivity contribution in [2.45, 2.75) is 20.4 Å². The fourth-order valence-electron chi connectivity index (χ4n) is 3.89. The first-order chi connectivity index (χ1) is 14.0. The summed E-state index contributed by atoms with van der Waals surface area (Å²) in [7, 11) is 0. The second-order valence-corrected chi connectivity index (χ2v) is 7.91. The quantitative estimate of drug-likeness (QED) is 0.687. The van der Waals surface area contributed by atoms with Gasteiger partial charge in [0.2, 0.25) is 0 Å². The van der Waals surface area contributed by atoms with Crippen LogP contribution in [-0.4, -0.2) is 46.5 Å². The van der Waals surface area contributed by atoms with Crippen LogP contribution < -0.4 is 10.5 Å². The average Bonchev–Trinajstić information content (AvgIpc) is 2.76. The van der Waals surface area contributed by atoms with E-state index in [9.17, 15) is 9.59 Å². The minimum atomic E-state index is -0.0363. The largest absolute Gasteiger partial charge is 0.353 e. The highest BCUT2D eigenvalue weighted by Gasteiger charge is 2.25. The second-order valence-electron chi connectivity index (χ2n) is 7.91. The summed E-state index contributed by atoms with van der Waals surface area (Å²) >= 11 is 0. The van der Waals surface area contributed by atoms with Gasteiger partial charge in [-0.2, -0.15) is 0 Å². The summed E-state index contributed by atoms with van der Waals surface area (Å²) in [6.07, 6.45) is 3.54. The van der Waals surface area contributed by atoms with Crippen molar-refractivity contribution in [1.82, 2.24) is 14.5 Å². The van der Waals surface area contributed by atoms with E-state index in [4.69, 9.17) is 0 Å². The van der Waals surface area contributed by atoms with Crippen LogP contribution in [0.1, 0.15) is 24.2 Å². The fraction of sp³-hybridized carbons (Fsp3) is 0.348. The summed E-state index contributed by atoms with van der Waals surface area (Å²) in [6, 6.07) is 13.3. The van der Waals surface area contributed by atoms with Crippen LogP contribution in [0.25, 0.3) is 10.8 Å². The Morgan fingerprint density at radius 1 is 1.00 bits per heavy atom. The topological polar surface area (TPSA) is 58.4 Å². The Morgan fingerprint density at radius 3 is 2.34 bits per heavy atom. The maximum absolute atomic E-state index is 13.4. The molecule has 4 rings (SSSR count). The number of pyridine rings is 2. The number of piperazine rings is 1. The highest BCUT2D eigenvalue weighted by atomic mass is 16.2. The van der Waals surface area contributed by atoms with E-state index in [0.29, 0.717) is 36.5 Å². The van der Waals surface area contributed by atoms with Crippen LogP contribution >= 0.6 is 0 Å². The molecule has 6 nitrogen and oxygen atoms in total. The molecule has 1 fully saturated rings. The predicted molar refractivity (Wildman–Crippen MR) is 115 cm³/mol. The van der Waals surface area contributed by atoms with E-state index in [2.05, 4.69) is 23.7 Å². The molecule has 1 amide bonds. The number of aromatic nitrogens is 2. The number of carbonyl (C=O) groups excluding carboxylic acids is 1. The molecule has 29 heavy (non-hydrogen) atoms. The highest BCUT2D eigenvalue weighted by Crippen LogP contribution is 2.20. The summed E-state index contributed by atoms with van der Waals surface area (Å²) in [6.45, 7) is 7.48. The van der Waals surface area contributed by atoms with Crippen LogP contribution in [0.2, 0.25) is 0 Å². The molecule has 3 aromatic rings.